The number of carbonyl (C=O) groups excluding carboxylic acids is 1. The van der Waals surface area contributed by atoms with E-state index in [2.05, 4.69) is 39.3 Å². The molecule has 0 aliphatic carbocycles. The van der Waals surface area contributed by atoms with Crippen LogP contribution < -0.4 is 10.6 Å². The number of carbonyl (C=O) groups is 1. The largest absolute Gasteiger partial charge is 0.375 e. The molecule has 0 heterocycles. The van der Waals surface area contributed by atoms with Crippen LogP contribution in [-0.2, 0) is 11.2 Å². The second-order valence-electron chi connectivity index (χ2n) is 4.41. The molecule has 0 atom stereocenters. The van der Waals surface area contributed by atoms with Gasteiger partial charge in [0.2, 0.25) is 5.91 Å². The predicted octanol–water partition coefficient (Wildman–Crippen LogP) is 3.41. The number of para-hydroxylation sites is 1. The third kappa shape index (κ3) is 4.76. The van der Waals surface area contributed by atoms with Gasteiger partial charge in [0.15, 0.2) is 0 Å². The van der Waals surface area contributed by atoms with Gasteiger partial charge in [-0.3, -0.25) is 4.79 Å². The Morgan fingerprint density at radius 3 is 2.52 bits per heavy atom. The lowest BCUT2D eigenvalue weighted by molar-refractivity contribution is -0.114. The number of amides is 1. The highest BCUT2D eigenvalue weighted by Gasteiger charge is 2.04. The molecule has 0 saturated carbocycles. The lowest BCUT2D eigenvalue weighted by Crippen LogP contribution is -2.22. The zero-order valence-corrected chi connectivity index (χ0v) is 13.4. The Kier molecular flexibility index (Phi) is 5.58. The summed E-state index contributed by atoms with van der Waals surface area (Å²) in [5.74, 6) is -0.109. The molecule has 1 amide bonds. The number of hydrogen-bond acceptors (Lipinski definition) is 3. The molecule has 5 heteroatoms. The Hall–Kier alpha value is -2.07. The van der Waals surface area contributed by atoms with Gasteiger partial charge in [-0.2, -0.15) is 5.26 Å². The van der Waals surface area contributed by atoms with E-state index in [9.17, 15) is 4.79 Å². The molecular formula is C16H14IN3O. The van der Waals surface area contributed by atoms with Crippen LogP contribution in [0.2, 0.25) is 0 Å². The lowest BCUT2D eigenvalue weighted by Gasteiger charge is -2.09. The van der Waals surface area contributed by atoms with Gasteiger partial charge in [-0.05, 0) is 52.4 Å². The van der Waals surface area contributed by atoms with Crippen molar-refractivity contribution < 1.29 is 4.79 Å². The Bertz CT molecular complexity index is 662. The Labute approximate surface area is 137 Å². The minimum absolute atomic E-state index is 0.109. The molecular weight excluding hydrogens is 377 g/mol. The first-order valence-electron chi connectivity index (χ1n) is 6.43. The summed E-state index contributed by atoms with van der Waals surface area (Å²) in [6, 6.07) is 17.2. The Balaban J connectivity index is 1.87. The molecule has 0 saturated heterocycles. The van der Waals surface area contributed by atoms with Crippen molar-refractivity contribution in [3.63, 3.8) is 0 Å². The van der Waals surface area contributed by atoms with E-state index in [0.717, 1.165) is 20.5 Å². The van der Waals surface area contributed by atoms with Crippen LogP contribution in [0.25, 0.3) is 0 Å². The summed E-state index contributed by atoms with van der Waals surface area (Å²) >= 11 is 2.22. The minimum Gasteiger partial charge on any atom is -0.375 e. The molecule has 2 rings (SSSR count). The molecule has 2 aromatic rings. The maximum atomic E-state index is 11.9. The molecule has 0 bridgehead atoms. The third-order valence-electron chi connectivity index (χ3n) is 2.83. The molecule has 0 spiro atoms. The molecule has 0 fully saturated rings. The van der Waals surface area contributed by atoms with Crippen molar-refractivity contribution in [2.75, 3.05) is 17.2 Å². The summed E-state index contributed by atoms with van der Waals surface area (Å²) in [6.07, 6.45) is 0.377. The fraction of sp³-hybridized carbons (Fsp3) is 0.125. The number of rotatable bonds is 5. The summed E-state index contributed by atoms with van der Waals surface area (Å²) in [4.78, 5) is 11.9. The van der Waals surface area contributed by atoms with Crippen LogP contribution >= 0.6 is 22.6 Å². The highest BCUT2D eigenvalue weighted by atomic mass is 127. The number of anilines is 2. The second-order valence-corrected chi connectivity index (χ2v) is 5.58. The topological polar surface area (TPSA) is 64.9 Å². The van der Waals surface area contributed by atoms with Crippen molar-refractivity contribution in [1.29, 1.82) is 5.26 Å². The minimum atomic E-state index is -0.109. The number of halogens is 1. The molecule has 2 N–H and O–H groups in total. The van der Waals surface area contributed by atoms with Gasteiger partial charge in [-0.25, -0.2) is 0 Å². The fourth-order valence-corrected chi connectivity index (χ4v) is 2.36. The smallest absolute Gasteiger partial charge is 0.243 e. The van der Waals surface area contributed by atoms with E-state index in [-0.39, 0.29) is 12.5 Å². The van der Waals surface area contributed by atoms with Gasteiger partial charge in [-0.15, -0.1) is 0 Å². The number of benzene rings is 2. The fourth-order valence-electron chi connectivity index (χ4n) is 1.78. The Morgan fingerprint density at radius 1 is 1.14 bits per heavy atom. The molecule has 0 aliphatic heterocycles. The average molecular weight is 391 g/mol. The molecule has 4 nitrogen and oxygen atoms in total. The maximum Gasteiger partial charge on any atom is 0.243 e. The molecule has 0 aliphatic rings. The van der Waals surface area contributed by atoms with Gasteiger partial charge >= 0.3 is 0 Å². The van der Waals surface area contributed by atoms with Gasteiger partial charge in [0.25, 0.3) is 0 Å². The van der Waals surface area contributed by atoms with Gasteiger partial charge in [0.05, 0.1) is 19.0 Å². The summed E-state index contributed by atoms with van der Waals surface area (Å²) in [5.41, 5.74) is 2.61. The average Bonchev–Trinajstić information content (AvgIpc) is 2.49. The van der Waals surface area contributed by atoms with Gasteiger partial charge in [-0.1, -0.05) is 24.3 Å². The summed E-state index contributed by atoms with van der Waals surface area (Å²) in [7, 11) is 0. The van der Waals surface area contributed by atoms with Crippen LogP contribution in [0.5, 0.6) is 0 Å². The zero-order valence-electron chi connectivity index (χ0n) is 11.3. The Morgan fingerprint density at radius 2 is 1.86 bits per heavy atom. The van der Waals surface area contributed by atoms with E-state index in [1.165, 1.54) is 0 Å². The van der Waals surface area contributed by atoms with E-state index < -0.39 is 0 Å². The molecule has 2 aromatic carbocycles. The summed E-state index contributed by atoms with van der Waals surface area (Å²) < 4.78 is 1.07. The van der Waals surface area contributed by atoms with E-state index >= 15 is 0 Å². The molecule has 106 valence electrons. The van der Waals surface area contributed by atoms with E-state index in [1.54, 1.807) is 12.1 Å². The normalized spacial score (nSPS) is 9.71. The van der Waals surface area contributed by atoms with E-state index in [0.29, 0.717) is 6.42 Å². The van der Waals surface area contributed by atoms with Gasteiger partial charge < -0.3 is 10.6 Å². The second kappa shape index (κ2) is 7.64. The first-order chi connectivity index (χ1) is 10.2. The highest BCUT2D eigenvalue weighted by molar-refractivity contribution is 14.1. The summed E-state index contributed by atoms with van der Waals surface area (Å²) in [5, 5.41) is 14.5. The maximum absolute atomic E-state index is 11.9. The van der Waals surface area contributed by atoms with Crippen molar-refractivity contribution in [3.05, 3.63) is 57.7 Å². The number of nitrogens with zero attached hydrogens (tertiary/aromatic N) is 1. The predicted molar refractivity (Wildman–Crippen MR) is 92.0 cm³/mol. The van der Waals surface area contributed by atoms with Crippen LogP contribution in [0.15, 0.2) is 48.5 Å². The van der Waals surface area contributed by atoms with Crippen molar-refractivity contribution in [2.24, 2.45) is 0 Å². The molecule has 0 radical (unpaired) electrons. The molecule has 0 aromatic heterocycles. The third-order valence-corrected chi connectivity index (χ3v) is 3.77. The first kappa shape index (κ1) is 15.3. The number of hydrogen-bond donors (Lipinski definition) is 2. The van der Waals surface area contributed by atoms with Crippen molar-refractivity contribution in [2.45, 2.75) is 6.42 Å². The van der Waals surface area contributed by atoms with Crippen molar-refractivity contribution in [1.82, 2.24) is 0 Å². The summed E-state index contributed by atoms with van der Waals surface area (Å²) in [6.45, 7) is 0.208. The van der Waals surface area contributed by atoms with Crippen LogP contribution in [0.4, 0.5) is 11.4 Å². The standard InChI is InChI=1S/C16H14IN3O/c17-14-3-1-2-4-15(14)19-11-16(21)20-13-7-5-12(6-8-13)9-10-18/h1-8,19H,9,11H2,(H,20,21). The molecule has 0 unspecified atom stereocenters. The number of nitriles is 1. The van der Waals surface area contributed by atoms with E-state index in [1.807, 2.05) is 36.4 Å². The zero-order chi connectivity index (χ0) is 15.1. The SMILES string of the molecule is N#CCc1ccc(NC(=O)CNc2ccccc2I)cc1. The van der Waals surface area contributed by atoms with Crippen molar-refractivity contribution >= 4 is 39.9 Å². The van der Waals surface area contributed by atoms with Crippen LogP contribution in [0.3, 0.4) is 0 Å². The first-order valence-corrected chi connectivity index (χ1v) is 7.51. The quantitative estimate of drug-likeness (QED) is 0.768. The van der Waals surface area contributed by atoms with Crippen molar-refractivity contribution in [3.8, 4) is 6.07 Å². The van der Waals surface area contributed by atoms with Gasteiger partial charge in [0, 0.05) is 14.9 Å². The lowest BCUT2D eigenvalue weighted by atomic mass is 10.1. The highest BCUT2D eigenvalue weighted by Crippen LogP contribution is 2.16. The van der Waals surface area contributed by atoms with Crippen LogP contribution in [0, 0.1) is 14.9 Å². The van der Waals surface area contributed by atoms with Crippen LogP contribution in [0.1, 0.15) is 5.56 Å². The monoisotopic (exact) mass is 391 g/mol. The van der Waals surface area contributed by atoms with Gasteiger partial charge in [0.1, 0.15) is 0 Å². The molecule has 21 heavy (non-hydrogen) atoms. The van der Waals surface area contributed by atoms with E-state index in [4.69, 9.17) is 5.26 Å². The number of nitrogens with one attached hydrogen (secondary N) is 2. The van der Waals surface area contributed by atoms with Crippen LogP contribution in [-0.4, -0.2) is 12.5 Å².